The fourth-order valence-corrected chi connectivity index (χ4v) is 2.46. The minimum Gasteiger partial charge on any atom is -0.508 e. The van der Waals surface area contributed by atoms with E-state index in [1.807, 2.05) is 16.8 Å². The molecule has 1 aromatic heterocycles. The second-order valence-corrected chi connectivity index (χ2v) is 4.91. The maximum absolute atomic E-state index is 12.1. The number of phenols is 1. The zero-order valence-corrected chi connectivity index (χ0v) is 10.7. The van der Waals surface area contributed by atoms with E-state index in [1.54, 1.807) is 18.2 Å². The van der Waals surface area contributed by atoms with Crippen molar-refractivity contribution < 1.29 is 14.7 Å². The smallest absolute Gasteiger partial charge is 0.225 e. The lowest BCUT2D eigenvalue weighted by Gasteiger charge is -2.09. The predicted molar refractivity (Wildman–Crippen MR) is 73.6 cm³/mol. The molecule has 0 bridgehead atoms. The van der Waals surface area contributed by atoms with Crippen LogP contribution < -0.4 is 5.32 Å². The molecule has 5 nitrogen and oxygen atoms in total. The van der Waals surface area contributed by atoms with Gasteiger partial charge in [-0.25, -0.2) is 0 Å². The highest BCUT2D eigenvalue weighted by atomic mass is 16.3. The summed E-state index contributed by atoms with van der Waals surface area (Å²) in [5, 5.41) is 11.9. The number of ketones is 1. The number of hydrogen-bond donors (Lipinski definition) is 2. The summed E-state index contributed by atoms with van der Waals surface area (Å²) in [6.07, 6.45) is 2.02. The Morgan fingerprint density at radius 1 is 1.30 bits per heavy atom. The third kappa shape index (κ3) is 2.30. The van der Waals surface area contributed by atoms with Gasteiger partial charge in [0, 0.05) is 24.8 Å². The molecule has 2 aromatic rings. The number of carbonyl (C=O) groups excluding carboxylic acids is 2. The van der Waals surface area contributed by atoms with Crippen molar-refractivity contribution in [2.75, 3.05) is 5.32 Å². The molecule has 1 amide bonds. The molecule has 0 fully saturated rings. The fourth-order valence-electron chi connectivity index (χ4n) is 2.46. The molecule has 2 N–H and O–H groups in total. The Bertz CT molecular complexity index is 658. The van der Waals surface area contributed by atoms with E-state index < -0.39 is 0 Å². The van der Waals surface area contributed by atoms with Crippen molar-refractivity contribution in [2.24, 2.45) is 5.92 Å². The lowest BCUT2D eigenvalue weighted by atomic mass is 10.0. The third-order valence-electron chi connectivity index (χ3n) is 3.45. The molecule has 3 rings (SSSR count). The number of aromatic hydroxyl groups is 1. The number of phenolic OH excluding ortho intramolecular Hbond substituents is 1. The molecule has 1 aliphatic rings. The van der Waals surface area contributed by atoms with Crippen molar-refractivity contribution in [3.8, 4) is 5.75 Å². The molecule has 0 saturated carbocycles. The van der Waals surface area contributed by atoms with Crippen LogP contribution in [0.25, 0.3) is 0 Å². The van der Waals surface area contributed by atoms with Crippen molar-refractivity contribution in [2.45, 2.75) is 13.0 Å². The van der Waals surface area contributed by atoms with Crippen molar-refractivity contribution >= 4 is 17.4 Å². The summed E-state index contributed by atoms with van der Waals surface area (Å²) in [4.78, 5) is 24.0. The molecular weight excluding hydrogens is 256 g/mol. The molecule has 1 aromatic carbocycles. The zero-order chi connectivity index (χ0) is 14.1. The monoisotopic (exact) mass is 270 g/mol. The predicted octanol–water partition coefficient (Wildman–Crippen LogP) is 2.03. The van der Waals surface area contributed by atoms with Crippen LogP contribution in [0, 0.1) is 5.92 Å². The van der Waals surface area contributed by atoms with Gasteiger partial charge in [-0.2, -0.15) is 0 Å². The second kappa shape index (κ2) is 4.85. The number of fused-ring (bicyclic) bond motifs is 1. The SMILES string of the molecule is O=C(C[C@H]1Cn2cccc2C1=O)Nc1ccc(O)cc1. The Kier molecular flexibility index (Phi) is 3.02. The van der Waals surface area contributed by atoms with Crippen LogP contribution in [-0.2, 0) is 11.3 Å². The minimum atomic E-state index is -0.289. The van der Waals surface area contributed by atoms with Crippen LogP contribution in [0.4, 0.5) is 5.69 Å². The summed E-state index contributed by atoms with van der Waals surface area (Å²) < 4.78 is 1.88. The Morgan fingerprint density at radius 3 is 2.75 bits per heavy atom. The number of aromatic nitrogens is 1. The maximum atomic E-state index is 12.1. The molecule has 0 spiro atoms. The molecule has 20 heavy (non-hydrogen) atoms. The highest BCUT2D eigenvalue weighted by Crippen LogP contribution is 2.24. The number of carbonyl (C=O) groups is 2. The number of Topliss-reactive ketones (excluding diaryl/α,β-unsaturated/α-hetero) is 1. The van der Waals surface area contributed by atoms with E-state index in [4.69, 9.17) is 0 Å². The summed E-state index contributed by atoms with van der Waals surface area (Å²) in [5.74, 6) is -0.313. The van der Waals surface area contributed by atoms with Crippen molar-refractivity contribution in [1.29, 1.82) is 0 Å². The zero-order valence-electron chi connectivity index (χ0n) is 10.7. The van der Waals surface area contributed by atoms with Crippen LogP contribution in [0.3, 0.4) is 0 Å². The van der Waals surface area contributed by atoms with Crippen molar-refractivity contribution in [3.63, 3.8) is 0 Å². The Morgan fingerprint density at radius 2 is 2.05 bits per heavy atom. The lowest BCUT2D eigenvalue weighted by Crippen LogP contribution is -2.20. The van der Waals surface area contributed by atoms with Crippen LogP contribution in [0.1, 0.15) is 16.9 Å². The summed E-state index contributed by atoms with van der Waals surface area (Å²) >= 11 is 0. The van der Waals surface area contributed by atoms with Gasteiger partial charge in [-0.1, -0.05) is 0 Å². The van der Waals surface area contributed by atoms with E-state index in [0.717, 1.165) is 0 Å². The van der Waals surface area contributed by atoms with Gasteiger partial charge in [-0.15, -0.1) is 0 Å². The summed E-state index contributed by atoms with van der Waals surface area (Å²) in [7, 11) is 0. The number of nitrogens with one attached hydrogen (secondary N) is 1. The first-order chi connectivity index (χ1) is 9.63. The van der Waals surface area contributed by atoms with E-state index in [1.165, 1.54) is 12.1 Å². The van der Waals surface area contributed by atoms with Crippen LogP contribution in [0.15, 0.2) is 42.6 Å². The van der Waals surface area contributed by atoms with Gasteiger partial charge in [0.25, 0.3) is 0 Å². The number of anilines is 1. The number of nitrogens with zero attached hydrogens (tertiary/aromatic N) is 1. The van der Waals surface area contributed by atoms with E-state index >= 15 is 0 Å². The number of benzene rings is 1. The topological polar surface area (TPSA) is 71.3 Å². The van der Waals surface area contributed by atoms with Crippen LogP contribution in [0.2, 0.25) is 0 Å². The van der Waals surface area contributed by atoms with Crippen molar-refractivity contribution in [3.05, 3.63) is 48.3 Å². The van der Waals surface area contributed by atoms with Gasteiger partial charge in [0.15, 0.2) is 5.78 Å². The average molecular weight is 270 g/mol. The Balaban J connectivity index is 1.62. The normalized spacial score (nSPS) is 17.0. The fraction of sp³-hybridized carbons (Fsp3) is 0.200. The first-order valence-electron chi connectivity index (χ1n) is 6.42. The van der Waals surface area contributed by atoms with E-state index in [0.29, 0.717) is 17.9 Å². The van der Waals surface area contributed by atoms with Gasteiger partial charge < -0.3 is 15.0 Å². The summed E-state index contributed by atoms with van der Waals surface area (Å²) in [6, 6.07) is 9.85. The maximum Gasteiger partial charge on any atom is 0.225 e. The van der Waals surface area contributed by atoms with Gasteiger partial charge >= 0.3 is 0 Å². The number of hydrogen-bond acceptors (Lipinski definition) is 3. The second-order valence-electron chi connectivity index (χ2n) is 4.91. The van der Waals surface area contributed by atoms with E-state index in [9.17, 15) is 14.7 Å². The molecule has 1 atom stereocenters. The molecule has 2 heterocycles. The molecule has 0 radical (unpaired) electrons. The molecule has 0 unspecified atom stereocenters. The number of amides is 1. The largest absolute Gasteiger partial charge is 0.508 e. The lowest BCUT2D eigenvalue weighted by molar-refractivity contribution is -0.116. The van der Waals surface area contributed by atoms with Crippen LogP contribution >= 0.6 is 0 Å². The van der Waals surface area contributed by atoms with Gasteiger partial charge in [-0.05, 0) is 36.4 Å². The van der Waals surface area contributed by atoms with Crippen LogP contribution in [-0.4, -0.2) is 21.4 Å². The first kappa shape index (κ1) is 12.5. The minimum absolute atomic E-state index is 0.0239. The Labute approximate surface area is 115 Å². The van der Waals surface area contributed by atoms with E-state index in [-0.39, 0.29) is 29.8 Å². The highest BCUT2D eigenvalue weighted by molar-refractivity contribution is 6.02. The van der Waals surface area contributed by atoms with Gasteiger partial charge in [-0.3, -0.25) is 9.59 Å². The molecule has 102 valence electrons. The number of rotatable bonds is 3. The molecule has 0 saturated heterocycles. The summed E-state index contributed by atoms with van der Waals surface area (Å²) in [5.41, 5.74) is 1.28. The summed E-state index contributed by atoms with van der Waals surface area (Å²) in [6.45, 7) is 0.560. The van der Waals surface area contributed by atoms with Gasteiger partial charge in [0.05, 0.1) is 11.6 Å². The molecule has 5 heteroatoms. The quantitative estimate of drug-likeness (QED) is 0.838. The van der Waals surface area contributed by atoms with Crippen LogP contribution in [0.5, 0.6) is 5.75 Å². The third-order valence-corrected chi connectivity index (χ3v) is 3.45. The van der Waals surface area contributed by atoms with Crippen molar-refractivity contribution in [1.82, 2.24) is 4.57 Å². The van der Waals surface area contributed by atoms with Gasteiger partial charge in [0.2, 0.25) is 5.91 Å². The van der Waals surface area contributed by atoms with E-state index in [2.05, 4.69) is 5.32 Å². The Hall–Kier alpha value is -2.56. The first-order valence-corrected chi connectivity index (χ1v) is 6.42. The molecule has 0 aliphatic carbocycles. The highest BCUT2D eigenvalue weighted by Gasteiger charge is 2.31. The molecular formula is C15H14N2O3. The molecule has 1 aliphatic heterocycles. The standard InChI is InChI=1S/C15H14N2O3/c18-12-5-3-11(4-6-12)16-14(19)8-10-9-17-7-1-2-13(17)15(10)20/h1-7,10,18H,8-9H2,(H,16,19)/t10-/m0/s1. The average Bonchev–Trinajstić information content (AvgIpc) is 2.97. The van der Waals surface area contributed by atoms with Gasteiger partial charge in [0.1, 0.15) is 5.75 Å².